The van der Waals surface area contributed by atoms with Gasteiger partial charge >= 0.3 is 17.9 Å². The lowest BCUT2D eigenvalue weighted by Gasteiger charge is -2.69. The highest BCUT2D eigenvalue weighted by Gasteiger charge is 2.92. The van der Waals surface area contributed by atoms with Gasteiger partial charge in [0, 0.05) is 47.3 Å². The van der Waals surface area contributed by atoms with Crippen LogP contribution in [0.15, 0.2) is 23.0 Å². The third-order valence-electron chi connectivity index (χ3n) is 12.5. The molecular formula is C34H46O11. The fraction of sp³-hybridized carbons (Fsp3) is 0.765. The lowest BCUT2D eigenvalue weighted by atomic mass is 9.36. The van der Waals surface area contributed by atoms with Gasteiger partial charge in [-0.05, 0) is 44.2 Å². The van der Waals surface area contributed by atoms with E-state index in [1.165, 1.54) is 6.92 Å². The molecule has 5 fully saturated rings. The summed E-state index contributed by atoms with van der Waals surface area (Å²) in [4.78, 5) is 51.9. The molecule has 248 valence electrons. The molecule has 0 aromatic carbocycles. The van der Waals surface area contributed by atoms with Crippen molar-refractivity contribution in [2.24, 2.45) is 34.0 Å². The van der Waals surface area contributed by atoms with Crippen molar-refractivity contribution < 1.29 is 52.4 Å². The lowest BCUT2D eigenvalue weighted by molar-refractivity contribution is -0.313. The summed E-state index contributed by atoms with van der Waals surface area (Å²) in [5, 5.41) is 12.4. The maximum absolute atomic E-state index is 13.6. The summed E-state index contributed by atoms with van der Waals surface area (Å²) in [7, 11) is 0. The van der Waals surface area contributed by atoms with Gasteiger partial charge in [-0.15, -0.1) is 0 Å². The normalized spacial score (nSPS) is 46.0. The molecule has 1 spiro atoms. The van der Waals surface area contributed by atoms with E-state index in [0.717, 1.165) is 5.56 Å². The monoisotopic (exact) mass is 630 g/mol. The van der Waals surface area contributed by atoms with Gasteiger partial charge in [0.1, 0.15) is 29.5 Å². The second-order valence-corrected chi connectivity index (χ2v) is 15.5. The van der Waals surface area contributed by atoms with Gasteiger partial charge in [0.2, 0.25) is 0 Å². The zero-order chi connectivity index (χ0) is 32.9. The van der Waals surface area contributed by atoms with Gasteiger partial charge in [0.05, 0.1) is 31.2 Å². The number of esters is 3. The number of rotatable bonds is 7. The maximum atomic E-state index is 13.6. The molecule has 3 aliphatic carbocycles. The summed E-state index contributed by atoms with van der Waals surface area (Å²) in [5.74, 6) is -3.10. The number of hydrogen-bond acceptors (Lipinski definition) is 11. The average Bonchev–Trinajstić information content (AvgIpc) is 3.30. The van der Waals surface area contributed by atoms with Crippen LogP contribution in [0.4, 0.5) is 0 Å². The molecular weight excluding hydrogens is 584 g/mol. The quantitative estimate of drug-likeness (QED) is 0.201. The lowest BCUT2D eigenvalue weighted by Crippen LogP contribution is -2.78. The second kappa shape index (κ2) is 10.3. The van der Waals surface area contributed by atoms with E-state index in [9.17, 15) is 24.3 Å². The Kier molecular flexibility index (Phi) is 7.33. The van der Waals surface area contributed by atoms with E-state index >= 15 is 0 Å². The molecule has 1 N–H and O–H groups in total. The summed E-state index contributed by atoms with van der Waals surface area (Å²) in [6.07, 6.45) is -0.449. The van der Waals surface area contributed by atoms with Crippen LogP contribution in [0.25, 0.3) is 0 Å². The Morgan fingerprint density at radius 1 is 1.11 bits per heavy atom. The molecule has 12 unspecified atom stereocenters. The SMILES string of the molecule is CC(=O)OC1CC(=O)OC(C)(C)C2CC(O)C3(C)C(C(OC=O)C(OC(=O)CC(C)C)C4(C)C(c5ccoc5)CC5OC543)C12C. The van der Waals surface area contributed by atoms with Crippen LogP contribution in [-0.2, 0) is 42.9 Å². The molecule has 12 atom stereocenters. The van der Waals surface area contributed by atoms with E-state index in [-0.39, 0.29) is 37.2 Å². The Balaban J connectivity index is 1.63. The topological polar surface area (TPSA) is 151 Å². The first-order chi connectivity index (χ1) is 21.0. The molecule has 3 saturated carbocycles. The van der Waals surface area contributed by atoms with E-state index in [4.69, 9.17) is 28.1 Å². The largest absolute Gasteiger partial charge is 0.472 e. The summed E-state index contributed by atoms with van der Waals surface area (Å²) in [6, 6.07) is 1.88. The number of furan rings is 1. The van der Waals surface area contributed by atoms with E-state index < -0.39 is 81.6 Å². The predicted molar refractivity (Wildman–Crippen MR) is 156 cm³/mol. The van der Waals surface area contributed by atoms with Gasteiger partial charge in [0.25, 0.3) is 6.47 Å². The highest BCUT2D eigenvalue weighted by molar-refractivity contribution is 5.73. The number of fused-ring (bicyclic) bond motifs is 3. The van der Waals surface area contributed by atoms with Gasteiger partial charge in [-0.1, -0.05) is 34.6 Å². The zero-order valence-electron chi connectivity index (χ0n) is 27.4. The second-order valence-electron chi connectivity index (χ2n) is 15.5. The van der Waals surface area contributed by atoms with Crippen LogP contribution >= 0.6 is 0 Å². The first-order valence-corrected chi connectivity index (χ1v) is 16.1. The summed E-state index contributed by atoms with van der Waals surface area (Å²) < 4.78 is 36.7. The van der Waals surface area contributed by atoms with E-state index in [0.29, 0.717) is 12.9 Å². The summed E-state index contributed by atoms with van der Waals surface area (Å²) >= 11 is 0. The predicted octanol–water partition coefficient (Wildman–Crippen LogP) is 4.09. The number of cyclic esters (lactones) is 1. The van der Waals surface area contributed by atoms with Crippen LogP contribution in [0.2, 0.25) is 0 Å². The molecule has 6 rings (SSSR count). The van der Waals surface area contributed by atoms with Crippen LogP contribution in [0.1, 0.15) is 92.6 Å². The van der Waals surface area contributed by atoms with Crippen molar-refractivity contribution in [1.82, 2.24) is 0 Å². The minimum atomic E-state index is -1.11. The van der Waals surface area contributed by atoms with Crippen LogP contribution in [0.5, 0.6) is 0 Å². The number of ether oxygens (including phenoxy) is 5. The zero-order valence-corrected chi connectivity index (χ0v) is 27.4. The highest BCUT2D eigenvalue weighted by Crippen LogP contribution is 2.82. The minimum absolute atomic E-state index is 0.00861. The average molecular weight is 631 g/mol. The smallest absolute Gasteiger partial charge is 0.310 e. The first kappa shape index (κ1) is 32.0. The number of carbonyl (C=O) groups is 4. The molecule has 0 radical (unpaired) electrons. The molecule has 0 amide bonds. The molecule has 0 bridgehead atoms. The fourth-order valence-electron chi connectivity index (χ4n) is 11.0. The molecule has 3 heterocycles. The highest BCUT2D eigenvalue weighted by atomic mass is 16.6. The number of carbonyl (C=O) groups excluding carboxylic acids is 4. The van der Waals surface area contributed by atoms with Gasteiger partial charge in [-0.25, -0.2) is 0 Å². The van der Waals surface area contributed by atoms with Crippen molar-refractivity contribution in [3.63, 3.8) is 0 Å². The Hall–Kier alpha value is -2.92. The molecule has 11 heteroatoms. The van der Waals surface area contributed by atoms with Crippen LogP contribution < -0.4 is 0 Å². The van der Waals surface area contributed by atoms with Crippen molar-refractivity contribution >= 4 is 24.4 Å². The Morgan fingerprint density at radius 3 is 2.42 bits per heavy atom. The van der Waals surface area contributed by atoms with Crippen molar-refractivity contribution in [3.8, 4) is 0 Å². The Labute approximate surface area is 263 Å². The Morgan fingerprint density at radius 2 is 1.82 bits per heavy atom. The van der Waals surface area contributed by atoms with Crippen molar-refractivity contribution in [2.45, 2.75) is 129 Å². The number of aliphatic hydroxyl groups excluding tert-OH is 1. The van der Waals surface area contributed by atoms with Crippen LogP contribution in [-0.4, -0.2) is 71.2 Å². The minimum Gasteiger partial charge on any atom is -0.472 e. The molecule has 5 aliphatic rings. The van der Waals surface area contributed by atoms with Crippen molar-refractivity contribution in [3.05, 3.63) is 24.2 Å². The van der Waals surface area contributed by atoms with Crippen LogP contribution in [0.3, 0.4) is 0 Å². The molecule has 2 saturated heterocycles. The first-order valence-electron chi connectivity index (χ1n) is 16.1. The third kappa shape index (κ3) is 4.14. The van der Waals surface area contributed by atoms with Gasteiger partial charge in [0.15, 0.2) is 0 Å². The Bertz CT molecular complexity index is 1370. The van der Waals surface area contributed by atoms with E-state index in [1.807, 2.05) is 40.7 Å². The molecule has 11 nitrogen and oxygen atoms in total. The summed E-state index contributed by atoms with van der Waals surface area (Å²) in [5.41, 5.74) is -4.39. The standard InChI is InChI=1S/C34H46O11/c1-17(2)11-25(38)43-29-27(41-16-35)28-31(6)21(30(4,5)45-26(39)14-23(31)42-18(3)36)13-22(37)33(28,8)34-24(44-34)12-20(32(29,34)7)19-9-10-40-15-19/h9-10,15-17,20-24,27-29,37H,11-14H2,1-8H3. The maximum Gasteiger partial charge on any atom is 0.310 e. The fourth-order valence-corrected chi connectivity index (χ4v) is 11.0. The molecule has 2 aliphatic heterocycles. The van der Waals surface area contributed by atoms with E-state index in [1.54, 1.807) is 26.4 Å². The van der Waals surface area contributed by atoms with Gasteiger partial charge < -0.3 is 33.2 Å². The van der Waals surface area contributed by atoms with Crippen molar-refractivity contribution in [1.29, 1.82) is 0 Å². The van der Waals surface area contributed by atoms with Gasteiger partial charge in [-0.2, -0.15) is 0 Å². The molecule has 1 aromatic rings. The van der Waals surface area contributed by atoms with Crippen molar-refractivity contribution in [2.75, 3.05) is 0 Å². The van der Waals surface area contributed by atoms with E-state index in [2.05, 4.69) is 0 Å². The molecule has 1 aromatic heterocycles. The molecule has 45 heavy (non-hydrogen) atoms. The number of aliphatic hydroxyl groups is 1. The van der Waals surface area contributed by atoms with Crippen LogP contribution in [0, 0.1) is 34.0 Å². The summed E-state index contributed by atoms with van der Waals surface area (Å²) in [6.45, 7) is 15.0. The van der Waals surface area contributed by atoms with Gasteiger partial charge in [-0.3, -0.25) is 19.2 Å². The number of hydrogen-bond donors (Lipinski definition) is 1. The third-order valence-corrected chi connectivity index (χ3v) is 12.5. The number of epoxide rings is 1.